The second-order valence-electron chi connectivity index (χ2n) is 6.31. The number of hydrogen-bond acceptors (Lipinski definition) is 7. The van der Waals surface area contributed by atoms with Crippen molar-refractivity contribution in [3.05, 3.63) is 29.2 Å². The molecule has 1 aliphatic heterocycles. The summed E-state index contributed by atoms with van der Waals surface area (Å²) in [6.07, 6.45) is 4.91. The summed E-state index contributed by atoms with van der Waals surface area (Å²) in [5, 5.41) is 21.1. The summed E-state index contributed by atoms with van der Waals surface area (Å²) in [5.41, 5.74) is 1.87. The molecule has 1 unspecified atom stereocenters. The molecule has 1 atom stereocenters. The zero-order valence-corrected chi connectivity index (χ0v) is 14.6. The van der Waals surface area contributed by atoms with Crippen molar-refractivity contribution in [3.63, 3.8) is 0 Å². The molecule has 0 aromatic carbocycles. The number of nitrogens with zero attached hydrogens (tertiary/aromatic N) is 6. The van der Waals surface area contributed by atoms with Crippen LogP contribution in [0.15, 0.2) is 17.9 Å². The Morgan fingerprint density at radius 1 is 1.29 bits per heavy atom. The van der Waals surface area contributed by atoms with Gasteiger partial charge in [-0.2, -0.15) is 0 Å². The van der Waals surface area contributed by atoms with E-state index >= 15 is 0 Å². The molecule has 0 bridgehead atoms. The highest BCUT2D eigenvalue weighted by Gasteiger charge is 2.24. The summed E-state index contributed by atoms with van der Waals surface area (Å²) < 4.78 is 1.89. The molecule has 1 aliphatic rings. The monoisotopic (exact) mass is 344 g/mol. The van der Waals surface area contributed by atoms with Crippen LogP contribution in [0.3, 0.4) is 0 Å². The van der Waals surface area contributed by atoms with Gasteiger partial charge < -0.3 is 10.0 Å². The molecule has 0 aliphatic carbocycles. The van der Waals surface area contributed by atoms with E-state index < -0.39 is 6.10 Å². The van der Waals surface area contributed by atoms with E-state index in [1.54, 1.807) is 24.6 Å². The Balaban J connectivity index is 1.52. The van der Waals surface area contributed by atoms with Gasteiger partial charge in [-0.15, -0.1) is 16.4 Å². The maximum Gasteiger partial charge on any atom is 0.141 e. The van der Waals surface area contributed by atoms with Gasteiger partial charge in [-0.3, -0.25) is 0 Å². The first-order chi connectivity index (χ1) is 11.6. The second kappa shape index (κ2) is 6.10. The second-order valence-corrected chi connectivity index (χ2v) is 7.17. The molecule has 3 aromatic heterocycles. The van der Waals surface area contributed by atoms with Crippen molar-refractivity contribution < 1.29 is 5.11 Å². The van der Waals surface area contributed by atoms with E-state index in [-0.39, 0.29) is 0 Å². The molecule has 0 saturated carbocycles. The first-order valence-electron chi connectivity index (χ1n) is 8.17. The van der Waals surface area contributed by atoms with Crippen molar-refractivity contribution in [1.82, 2.24) is 25.0 Å². The molecule has 8 heteroatoms. The van der Waals surface area contributed by atoms with Gasteiger partial charge in [-0.25, -0.2) is 14.6 Å². The van der Waals surface area contributed by atoms with Crippen LogP contribution >= 0.6 is 11.3 Å². The van der Waals surface area contributed by atoms with Gasteiger partial charge in [0, 0.05) is 13.1 Å². The normalized spacial score (nSPS) is 17.5. The predicted molar refractivity (Wildman–Crippen MR) is 93.3 cm³/mol. The van der Waals surface area contributed by atoms with Gasteiger partial charge in [0.1, 0.15) is 22.7 Å². The van der Waals surface area contributed by atoms with Gasteiger partial charge in [-0.05, 0) is 37.6 Å². The zero-order valence-electron chi connectivity index (χ0n) is 13.8. The van der Waals surface area contributed by atoms with Crippen LogP contribution in [-0.2, 0) is 0 Å². The maximum absolute atomic E-state index is 9.60. The Kier molecular flexibility index (Phi) is 3.93. The highest BCUT2D eigenvalue weighted by atomic mass is 32.1. The smallest absolute Gasteiger partial charge is 0.141 e. The Labute approximate surface area is 144 Å². The van der Waals surface area contributed by atoms with Crippen LogP contribution < -0.4 is 4.90 Å². The number of aromatic nitrogens is 5. The third-order valence-corrected chi connectivity index (χ3v) is 5.63. The van der Waals surface area contributed by atoms with E-state index in [1.807, 2.05) is 10.9 Å². The summed E-state index contributed by atoms with van der Waals surface area (Å²) in [6, 6.07) is 0.321. The lowest BCUT2D eigenvalue weighted by Gasteiger charge is -2.33. The van der Waals surface area contributed by atoms with E-state index in [0.717, 1.165) is 36.6 Å². The molecule has 126 valence electrons. The van der Waals surface area contributed by atoms with E-state index in [0.29, 0.717) is 11.7 Å². The van der Waals surface area contributed by atoms with Crippen LogP contribution in [0, 0.1) is 6.92 Å². The topological polar surface area (TPSA) is 80.0 Å². The molecular formula is C16H20N6OS. The van der Waals surface area contributed by atoms with Crippen LogP contribution in [-0.4, -0.2) is 43.2 Å². The van der Waals surface area contributed by atoms with Crippen LogP contribution in [0.1, 0.15) is 43.2 Å². The lowest BCUT2D eigenvalue weighted by Crippen LogP contribution is -2.35. The zero-order chi connectivity index (χ0) is 16.7. The molecule has 24 heavy (non-hydrogen) atoms. The molecule has 1 N–H and O–H groups in total. The molecule has 1 saturated heterocycles. The summed E-state index contributed by atoms with van der Waals surface area (Å²) >= 11 is 1.67. The number of aliphatic hydroxyl groups is 1. The summed E-state index contributed by atoms with van der Waals surface area (Å²) in [4.78, 5) is 12.3. The molecule has 3 aromatic rings. The van der Waals surface area contributed by atoms with Crippen molar-refractivity contribution in [2.45, 2.75) is 38.8 Å². The minimum absolute atomic E-state index is 0.321. The van der Waals surface area contributed by atoms with E-state index in [4.69, 9.17) is 0 Å². The molecule has 0 radical (unpaired) electrons. The number of fused-ring (bicyclic) bond motifs is 1. The molecule has 0 spiro atoms. The largest absolute Gasteiger partial charge is 0.387 e. The fourth-order valence-electron chi connectivity index (χ4n) is 3.24. The minimum atomic E-state index is -0.574. The van der Waals surface area contributed by atoms with Crippen molar-refractivity contribution in [3.8, 4) is 0 Å². The number of anilines is 1. The number of aliphatic hydroxyl groups excluding tert-OH is 1. The molecule has 7 nitrogen and oxygen atoms in total. The standard InChI is InChI=1S/C16H20N6OS/c1-10-8-24-16-14(10)15(17-9-18-16)21-5-3-12(4-6-21)22-7-13(11(2)23)19-20-22/h7-9,11-12,23H,3-6H2,1-2H3. The van der Waals surface area contributed by atoms with Gasteiger partial charge in [0.25, 0.3) is 0 Å². The average molecular weight is 344 g/mol. The Morgan fingerprint density at radius 3 is 2.79 bits per heavy atom. The minimum Gasteiger partial charge on any atom is -0.387 e. The molecule has 0 amide bonds. The highest BCUT2D eigenvalue weighted by Crippen LogP contribution is 2.33. The van der Waals surface area contributed by atoms with Crippen molar-refractivity contribution >= 4 is 27.4 Å². The Hall–Kier alpha value is -2.06. The van der Waals surface area contributed by atoms with E-state index in [9.17, 15) is 5.11 Å². The van der Waals surface area contributed by atoms with Crippen LogP contribution in [0.25, 0.3) is 10.2 Å². The van der Waals surface area contributed by atoms with Gasteiger partial charge in [-0.1, -0.05) is 5.21 Å². The van der Waals surface area contributed by atoms with Gasteiger partial charge in [0.2, 0.25) is 0 Å². The molecule has 1 fully saturated rings. The highest BCUT2D eigenvalue weighted by molar-refractivity contribution is 7.17. The fourth-order valence-corrected chi connectivity index (χ4v) is 4.12. The quantitative estimate of drug-likeness (QED) is 0.786. The maximum atomic E-state index is 9.60. The molecule has 4 heterocycles. The lowest BCUT2D eigenvalue weighted by atomic mass is 10.0. The molecular weight excluding hydrogens is 324 g/mol. The SMILES string of the molecule is Cc1csc2ncnc(N3CCC(n4cc(C(C)O)nn4)CC3)c12. The van der Waals surface area contributed by atoms with Crippen LogP contribution in [0.4, 0.5) is 5.82 Å². The van der Waals surface area contributed by atoms with Gasteiger partial charge in [0.15, 0.2) is 0 Å². The van der Waals surface area contributed by atoms with Gasteiger partial charge in [0.05, 0.1) is 23.7 Å². The van der Waals surface area contributed by atoms with Crippen molar-refractivity contribution in [1.29, 1.82) is 0 Å². The summed E-state index contributed by atoms with van der Waals surface area (Å²) in [5.74, 6) is 1.04. The predicted octanol–water partition coefficient (Wildman–Crippen LogP) is 2.49. The summed E-state index contributed by atoms with van der Waals surface area (Å²) in [7, 11) is 0. The number of piperidine rings is 1. The van der Waals surface area contributed by atoms with Crippen molar-refractivity contribution in [2.75, 3.05) is 18.0 Å². The number of hydrogen-bond donors (Lipinski definition) is 1. The first kappa shape index (κ1) is 15.5. The Morgan fingerprint density at radius 2 is 2.08 bits per heavy atom. The number of rotatable bonds is 3. The third kappa shape index (κ3) is 2.65. The van der Waals surface area contributed by atoms with E-state index in [2.05, 4.69) is 37.5 Å². The van der Waals surface area contributed by atoms with Crippen LogP contribution in [0.5, 0.6) is 0 Å². The van der Waals surface area contributed by atoms with Gasteiger partial charge >= 0.3 is 0 Å². The Bertz CT molecular complexity index is 849. The first-order valence-corrected chi connectivity index (χ1v) is 9.05. The summed E-state index contributed by atoms with van der Waals surface area (Å²) in [6.45, 7) is 5.68. The average Bonchev–Trinajstić information content (AvgIpc) is 3.23. The third-order valence-electron chi connectivity index (χ3n) is 4.63. The lowest BCUT2D eigenvalue weighted by molar-refractivity contribution is 0.194. The van der Waals surface area contributed by atoms with Crippen molar-refractivity contribution in [2.24, 2.45) is 0 Å². The van der Waals surface area contributed by atoms with Crippen LogP contribution in [0.2, 0.25) is 0 Å². The van der Waals surface area contributed by atoms with E-state index in [1.165, 1.54) is 10.9 Å². The fraction of sp³-hybridized carbons (Fsp3) is 0.500. The number of aryl methyl sites for hydroxylation is 1. The number of thiophene rings is 1. The molecule has 4 rings (SSSR count).